The third kappa shape index (κ3) is 6.74. The molecule has 0 saturated heterocycles. The van der Waals surface area contributed by atoms with Gasteiger partial charge in [0.25, 0.3) is 0 Å². The fourth-order valence-electron chi connectivity index (χ4n) is 10.7. The lowest BCUT2D eigenvalue weighted by Crippen LogP contribution is -2.42. The first-order valence-electron chi connectivity index (χ1n) is 22.0. The van der Waals surface area contributed by atoms with Gasteiger partial charge < -0.3 is 14.7 Å². The molecule has 0 saturated carbocycles. The van der Waals surface area contributed by atoms with Gasteiger partial charge in [-0.2, -0.15) is 0 Å². The molecule has 12 rings (SSSR count). The number of hydrogen-bond acceptors (Lipinski definition) is 3. The van der Waals surface area contributed by atoms with E-state index < -0.39 is 0 Å². The van der Waals surface area contributed by atoms with E-state index in [-0.39, 0.29) is 23.7 Å². The zero-order valence-electron chi connectivity index (χ0n) is 34.6. The van der Waals surface area contributed by atoms with Crippen LogP contribution in [0.15, 0.2) is 228 Å². The molecule has 61 heavy (non-hydrogen) atoms. The molecule has 0 radical (unpaired) electrons. The molecule has 0 fully saturated rings. The van der Waals surface area contributed by atoms with Crippen LogP contribution in [0.2, 0.25) is 0 Å². The first kappa shape index (κ1) is 37.0. The molecule has 0 N–H and O–H groups in total. The second-order valence-corrected chi connectivity index (χ2v) is 17.0. The molecular formula is C58H49N3. The summed E-state index contributed by atoms with van der Waals surface area (Å²) in [5, 5.41) is 0. The van der Waals surface area contributed by atoms with Crippen LogP contribution < -0.4 is 14.7 Å². The summed E-state index contributed by atoms with van der Waals surface area (Å²) in [5.74, 6) is 8.86. The molecule has 3 nitrogen and oxygen atoms in total. The van der Waals surface area contributed by atoms with E-state index in [0.717, 1.165) is 42.9 Å². The van der Waals surface area contributed by atoms with Gasteiger partial charge in [-0.05, 0) is 126 Å². The SMILES string of the molecule is CC1CC2=C(C=C1N(C1=CCCC=C1)c1ccccc1)C1c3ccc(N(Cc4ccccc4)c4ccccc4)cc3C2C2C#CC(N(c3ccccc3)c3ccccc3)=CC12. The van der Waals surface area contributed by atoms with Crippen molar-refractivity contribution >= 4 is 28.4 Å². The Morgan fingerprint density at radius 3 is 1.82 bits per heavy atom. The molecule has 0 amide bonds. The second-order valence-electron chi connectivity index (χ2n) is 17.0. The summed E-state index contributed by atoms with van der Waals surface area (Å²) in [6.45, 7) is 3.23. The molecule has 6 aromatic rings. The lowest BCUT2D eigenvalue weighted by Gasteiger charge is -2.52. The highest BCUT2D eigenvalue weighted by molar-refractivity contribution is 5.75. The number of benzene rings is 6. The maximum absolute atomic E-state index is 3.99. The molecule has 0 spiro atoms. The molecule has 296 valence electrons. The van der Waals surface area contributed by atoms with E-state index in [0.29, 0.717) is 5.92 Å². The maximum Gasteiger partial charge on any atom is 0.0933 e. The van der Waals surface area contributed by atoms with Crippen molar-refractivity contribution < 1.29 is 0 Å². The van der Waals surface area contributed by atoms with E-state index in [1.54, 1.807) is 5.57 Å². The molecular weight excluding hydrogens is 739 g/mol. The molecule has 0 aromatic heterocycles. The maximum atomic E-state index is 3.99. The molecule has 2 bridgehead atoms. The number of hydrogen-bond donors (Lipinski definition) is 0. The molecule has 0 heterocycles. The van der Waals surface area contributed by atoms with E-state index >= 15 is 0 Å². The van der Waals surface area contributed by atoms with Gasteiger partial charge in [-0.3, -0.25) is 0 Å². The fourth-order valence-corrected chi connectivity index (χ4v) is 10.7. The minimum atomic E-state index is 0.169. The fraction of sp³-hybridized carbons (Fsp3) is 0.172. The predicted molar refractivity (Wildman–Crippen MR) is 253 cm³/mol. The van der Waals surface area contributed by atoms with E-state index in [4.69, 9.17) is 0 Å². The Balaban J connectivity index is 1.08. The van der Waals surface area contributed by atoms with Crippen LogP contribution in [0.1, 0.15) is 54.7 Å². The minimum absolute atomic E-state index is 0.169. The first-order valence-corrected chi connectivity index (χ1v) is 22.0. The quantitative estimate of drug-likeness (QED) is 0.128. The standard InChI is InChI=1S/C58H49N3/c1-41-36-52-55(39-56(41)61(46-28-16-6-17-29-46)47-30-18-7-19-31-47)58-50-34-32-48(59(43-22-10-3-11-23-43)40-42-20-8-2-9-21-42)37-53(50)57(52)51-35-33-49(38-54(51)58)60(44-24-12-4-13-25-44)45-26-14-5-15-27-45/h2-6,8-18,20-32,34,37-39,41,51,54,57-58H,7,19,36,40H2,1H3. The predicted octanol–water partition coefficient (Wildman–Crippen LogP) is 14.2. The topological polar surface area (TPSA) is 9.72 Å². The first-order chi connectivity index (χ1) is 30.2. The van der Waals surface area contributed by atoms with Gasteiger partial charge in [0.15, 0.2) is 0 Å². The summed E-state index contributed by atoms with van der Waals surface area (Å²) < 4.78 is 0. The Morgan fingerprint density at radius 1 is 0.590 bits per heavy atom. The summed E-state index contributed by atoms with van der Waals surface area (Å²) in [6, 6.07) is 61.6. The van der Waals surface area contributed by atoms with Gasteiger partial charge in [0.2, 0.25) is 0 Å². The van der Waals surface area contributed by atoms with E-state index in [1.807, 2.05) is 0 Å². The zero-order valence-corrected chi connectivity index (χ0v) is 34.6. The largest absolute Gasteiger partial charge is 0.337 e. The van der Waals surface area contributed by atoms with E-state index in [9.17, 15) is 0 Å². The lowest BCUT2D eigenvalue weighted by molar-refractivity contribution is 0.323. The molecule has 6 aliphatic carbocycles. The van der Waals surface area contributed by atoms with Gasteiger partial charge in [0.05, 0.1) is 5.70 Å². The molecule has 3 heteroatoms. The molecule has 5 unspecified atom stereocenters. The summed E-state index contributed by atoms with van der Waals surface area (Å²) in [7, 11) is 0. The number of para-hydroxylation sites is 4. The number of rotatable bonds is 10. The van der Waals surface area contributed by atoms with Crippen LogP contribution in [-0.4, -0.2) is 0 Å². The van der Waals surface area contributed by atoms with Crippen molar-refractivity contribution in [1.82, 2.24) is 0 Å². The lowest BCUT2D eigenvalue weighted by atomic mass is 9.51. The summed E-state index contributed by atoms with van der Waals surface area (Å²) in [6.07, 6.45) is 15.4. The Labute approximate surface area is 361 Å². The number of anilines is 5. The van der Waals surface area contributed by atoms with Crippen LogP contribution in [-0.2, 0) is 6.54 Å². The highest BCUT2D eigenvalue weighted by Gasteiger charge is 2.52. The van der Waals surface area contributed by atoms with Crippen LogP contribution in [0.5, 0.6) is 0 Å². The van der Waals surface area contributed by atoms with E-state index in [1.165, 1.54) is 50.7 Å². The minimum Gasteiger partial charge on any atom is -0.337 e. The molecule has 5 atom stereocenters. The second kappa shape index (κ2) is 15.9. The van der Waals surface area contributed by atoms with Crippen molar-refractivity contribution in [2.75, 3.05) is 14.7 Å². The van der Waals surface area contributed by atoms with Gasteiger partial charge in [0, 0.05) is 76.0 Å². The monoisotopic (exact) mass is 787 g/mol. The number of nitrogens with zero attached hydrogens (tertiary/aromatic N) is 3. The van der Waals surface area contributed by atoms with Gasteiger partial charge in [-0.25, -0.2) is 0 Å². The average molecular weight is 788 g/mol. The Hall–Kier alpha value is -7.02. The normalized spacial score (nSPS) is 21.7. The van der Waals surface area contributed by atoms with Crippen LogP contribution in [0.3, 0.4) is 0 Å². The Bertz CT molecular complexity index is 2750. The summed E-state index contributed by atoms with van der Waals surface area (Å²) >= 11 is 0. The van der Waals surface area contributed by atoms with E-state index in [2.05, 4.69) is 234 Å². The molecule has 6 aromatic carbocycles. The van der Waals surface area contributed by atoms with Gasteiger partial charge in [-0.15, -0.1) is 0 Å². The van der Waals surface area contributed by atoms with Crippen LogP contribution in [0.4, 0.5) is 28.4 Å². The van der Waals surface area contributed by atoms with Gasteiger partial charge in [-0.1, -0.05) is 140 Å². The highest BCUT2D eigenvalue weighted by atomic mass is 15.2. The Morgan fingerprint density at radius 2 is 1.20 bits per heavy atom. The third-order valence-corrected chi connectivity index (χ3v) is 13.4. The van der Waals surface area contributed by atoms with Gasteiger partial charge in [0.1, 0.15) is 0 Å². The van der Waals surface area contributed by atoms with Gasteiger partial charge >= 0.3 is 0 Å². The third-order valence-electron chi connectivity index (χ3n) is 13.4. The average Bonchev–Trinajstić information content (AvgIpc) is 3.33. The van der Waals surface area contributed by atoms with Crippen molar-refractivity contribution in [3.8, 4) is 11.8 Å². The smallest absolute Gasteiger partial charge is 0.0933 e. The van der Waals surface area contributed by atoms with Crippen molar-refractivity contribution in [1.29, 1.82) is 0 Å². The molecule has 6 aliphatic rings. The number of allylic oxidation sites excluding steroid dienone is 9. The Kier molecular flexibility index (Phi) is 9.63. The highest BCUT2D eigenvalue weighted by Crippen LogP contribution is 2.63. The zero-order chi connectivity index (χ0) is 40.7. The van der Waals surface area contributed by atoms with Crippen molar-refractivity contribution in [3.05, 3.63) is 245 Å². The summed E-state index contributed by atoms with van der Waals surface area (Å²) in [4.78, 5) is 7.39. The van der Waals surface area contributed by atoms with Crippen molar-refractivity contribution in [2.45, 2.75) is 44.6 Å². The van der Waals surface area contributed by atoms with Crippen LogP contribution >= 0.6 is 0 Å². The van der Waals surface area contributed by atoms with Crippen molar-refractivity contribution in [2.24, 2.45) is 17.8 Å². The van der Waals surface area contributed by atoms with Crippen LogP contribution in [0, 0.1) is 29.6 Å². The van der Waals surface area contributed by atoms with Crippen molar-refractivity contribution in [3.63, 3.8) is 0 Å². The molecule has 0 aliphatic heterocycles. The van der Waals surface area contributed by atoms with Crippen LogP contribution in [0.25, 0.3) is 0 Å². The summed E-state index contributed by atoms with van der Waals surface area (Å²) in [5.41, 5.74) is 16.9.